The highest BCUT2D eigenvalue weighted by molar-refractivity contribution is 5.85. The fraction of sp³-hybridized carbons (Fsp3) is 0.714. The van der Waals surface area contributed by atoms with E-state index in [0.717, 1.165) is 12.8 Å². The van der Waals surface area contributed by atoms with Crippen LogP contribution in [-0.2, 0) is 0 Å². The van der Waals surface area contributed by atoms with Crippen molar-refractivity contribution >= 4 is 12.4 Å². The summed E-state index contributed by atoms with van der Waals surface area (Å²) in [6.45, 7) is 0.228. The summed E-state index contributed by atoms with van der Waals surface area (Å²) in [6.07, 6.45) is 6.03. The highest BCUT2D eigenvalue weighted by Crippen LogP contribution is 2.15. The van der Waals surface area contributed by atoms with E-state index in [1.54, 1.807) is 0 Å². The molecule has 1 aliphatic carbocycles. The van der Waals surface area contributed by atoms with E-state index in [0.29, 0.717) is 5.92 Å². The monoisotopic (exact) mass is 163 g/mol. The number of nitrogens with two attached hydrogens (primary N) is 1. The van der Waals surface area contributed by atoms with Crippen LogP contribution in [0.2, 0.25) is 0 Å². The van der Waals surface area contributed by atoms with Crippen molar-refractivity contribution in [3.05, 3.63) is 12.2 Å². The van der Waals surface area contributed by atoms with Crippen molar-refractivity contribution in [3.63, 3.8) is 0 Å². The lowest BCUT2D eigenvalue weighted by Gasteiger charge is -2.22. The van der Waals surface area contributed by atoms with Crippen LogP contribution in [0.3, 0.4) is 0 Å². The molecule has 0 aromatic heterocycles. The fourth-order valence-corrected chi connectivity index (χ4v) is 1.10. The van der Waals surface area contributed by atoms with Crippen LogP contribution in [0.15, 0.2) is 12.2 Å². The zero-order valence-electron chi connectivity index (χ0n) is 5.86. The third-order valence-electron chi connectivity index (χ3n) is 1.85. The SMILES string of the molecule is Cl.NC1CC=CCC1CO. The summed E-state index contributed by atoms with van der Waals surface area (Å²) >= 11 is 0. The Morgan fingerprint density at radius 2 is 2.00 bits per heavy atom. The first kappa shape index (κ1) is 9.95. The molecule has 0 aromatic carbocycles. The van der Waals surface area contributed by atoms with Gasteiger partial charge in [-0.15, -0.1) is 12.4 Å². The average Bonchev–Trinajstić information content (AvgIpc) is 1.89. The first-order valence-corrected chi connectivity index (χ1v) is 3.36. The second kappa shape index (κ2) is 4.72. The second-order valence-corrected chi connectivity index (χ2v) is 2.55. The number of halogens is 1. The van der Waals surface area contributed by atoms with Gasteiger partial charge in [0.2, 0.25) is 0 Å². The number of allylic oxidation sites excluding steroid dienone is 1. The summed E-state index contributed by atoms with van der Waals surface area (Å²) in [6, 6.07) is 0.181. The van der Waals surface area contributed by atoms with Crippen molar-refractivity contribution in [3.8, 4) is 0 Å². The summed E-state index contributed by atoms with van der Waals surface area (Å²) in [5.74, 6) is 0.301. The van der Waals surface area contributed by atoms with Crippen LogP contribution in [-0.4, -0.2) is 17.8 Å². The third-order valence-corrected chi connectivity index (χ3v) is 1.85. The van der Waals surface area contributed by atoms with Gasteiger partial charge in [-0.05, 0) is 12.8 Å². The Kier molecular flexibility index (Phi) is 4.69. The van der Waals surface area contributed by atoms with Gasteiger partial charge in [0.15, 0.2) is 0 Å². The molecule has 0 bridgehead atoms. The van der Waals surface area contributed by atoms with Crippen molar-refractivity contribution in [2.45, 2.75) is 18.9 Å². The predicted octanol–water partition coefficient (Wildman–Crippen LogP) is 0.694. The quantitative estimate of drug-likeness (QED) is 0.559. The molecule has 0 fully saturated rings. The molecule has 0 heterocycles. The molecule has 2 unspecified atom stereocenters. The van der Waals surface area contributed by atoms with Crippen molar-refractivity contribution in [2.24, 2.45) is 11.7 Å². The van der Waals surface area contributed by atoms with Gasteiger partial charge in [0, 0.05) is 18.6 Å². The topological polar surface area (TPSA) is 46.2 Å². The van der Waals surface area contributed by atoms with Crippen LogP contribution in [0.4, 0.5) is 0 Å². The molecule has 0 aliphatic heterocycles. The van der Waals surface area contributed by atoms with E-state index in [1.165, 1.54) is 0 Å². The minimum absolute atomic E-state index is 0. The predicted molar refractivity (Wildman–Crippen MR) is 44.2 cm³/mol. The van der Waals surface area contributed by atoms with E-state index in [9.17, 15) is 0 Å². The van der Waals surface area contributed by atoms with Crippen molar-refractivity contribution < 1.29 is 5.11 Å². The number of rotatable bonds is 1. The molecule has 60 valence electrons. The van der Waals surface area contributed by atoms with Crippen molar-refractivity contribution in [1.29, 1.82) is 0 Å². The third kappa shape index (κ3) is 2.29. The molecule has 0 aromatic rings. The van der Waals surface area contributed by atoms with E-state index in [4.69, 9.17) is 10.8 Å². The Morgan fingerprint density at radius 1 is 1.40 bits per heavy atom. The second-order valence-electron chi connectivity index (χ2n) is 2.55. The van der Waals surface area contributed by atoms with Crippen LogP contribution in [0.1, 0.15) is 12.8 Å². The summed E-state index contributed by atoms with van der Waals surface area (Å²) in [7, 11) is 0. The maximum Gasteiger partial charge on any atom is 0.0477 e. The smallest absolute Gasteiger partial charge is 0.0477 e. The number of aliphatic hydroxyl groups is 1. The first-order chi connectivity index (χ1) is 4.34. The Hall–Kier alpha value is -0.0500. The van der Waals surface area contributed by atoms with Crippen molar-refractivity contribution in [1.82, 2.24) is 0 Å². The largest absolute Gasteiger partial charge is 0.396 e. The zero-order chi connectivity index (χ0) is 6.69. The van der Waals surface area contributed by atoms with E-state index in [1.807, 2.05) is 0 Å². The highest BCUT2D eigenvalue weighted by Gasteiger charge is 2.16. The summed E-state index contributed by atoms with van der Waals surface area (Å²) in [5, 5.41) is 8.75. The van der Waals surface area contributed by atoms with Crippen LogP contribution < -0.4 is 5.73 Å². The Morgan fingerprint density at radius 3 is 2.40 bits per heavy atom. The maximum absolute atomic E-state index is 8.75. The van der Waals surface area contributed by atoms with Crippen LogP contribution in [0, 0.1) is 5.92 Å². The molecule has 0 saturated heterocycles. The lowest BCUT2D eigenvalue weighted by molar-refractivity contribution is 0.202. The van der Waals surface area contributed by atoms with E-state index >= 15 is 0 Å². The number of hydrogen-bond acceptors (Lipinski definition) is 2. The van der Waals surface area contributed by atoms with E-state index in [2.05, 4.69) is 12.2 Å². The van der Waals surface area contributed by atoms with Gasteiger partial charge in [0.1, 0.15) is 0 Å². The van der Waals surface area contributed by atoms with Crippen molar-refractivity contribution in [2.75, 3.05) is 6.61 Å². The van der Waals surface area contributed by atoms with E-state index < -0.39 is 0 Å². The maximum atomic E-state index is 8.75. The van der Waals surface area contributed by atoms with Gasteiger partial charge >= 0.3 is 0 Å². The van der Waals surface area contributed by atoms with Crippen LogP contribution in [0.25, 0.3) is 0 Å². The molecule has 0 radical (unpaired) electrons. The molecule has 1 rings (SSSR count). The summed E-state index contributed by atoms with van der Waals surface area (Å²) in [4.78, 5) is 0. The van der Waals surface area contributed by atoms with E-state index in [-0.39, 0.29) is 25.1 Å². The van der Waals surface area contributed by atoms with Crippen LogP contribution >= 0.6 is 12.4 Å². The standard InChI is InChI=1S/C7H13NO.ClH/c8-7-4-2-1-3-6(7)5-9;/h1-2,6-7,9H,3-5,8H2;1H. The van der Waals surface area contributed by atoms with Gasteiger partial charge in [-0.3, -0.25) is 0 Å². The average molecular weight is 164 g/mol. The fourth-order valence-electron chi connectivity index (χ4n) is 1.10. The van der Waals surface area contributed by atoms with Gasteiger partial charge in [-0.1, -0.05) is 12.2 Å². The molecule has 10 heavy (non-hydrogen) atoms. The molecule has 0 amide bonds. The lowest BCUT2D eigenvalue weighted by atomic mass is 9.91. The Bertz CT molecular complexity index is 116. The van der Waals surface area contributed by atoms with Gasteiger partial charge < -0.3 is 10.8 Å². The summed E-state index contributed by atoms with van der Waals surface area (Å²) < 4.78 is 0. The molecule has 0 spiro atoms. The van der Waals surface area contributed by atoms with Gasteiger partial charge in [0.05, 0.1) is 0 Å². The normalized spacial score (nSPS) is 31.4. The minimum atomic E-state index is 0. The number of aliphatic hydroxyl groups excluding tert-OH is 1. The number of hydrogen-bond donors (Lipinski definition) is 2. The molecular weight excluding hydrogens is 150 g/mol. The Labute approximate surface area is 67.5 Å². The van der Waals surface area contributed by atoms with Gasteiger partial charge in [0.25, 0.3) is 0 Å². The molecule has 2 atom stereocenters. The van der Waals surface area contributed by atoms with Gasteiger partial charge in [-0.2, -0.15) is 0 Å². The molecule has 0 saturated carbocycles. The molecular formula is C7H14ClNO. The molecule has 1 aliphatic rings. The highest BCUT2D eigenvalue weighted by atomic mass is 35.5. The molecule has 3 N–H and O–H groups in total. The molecule has 3 heteroatoms. The first-order valence-electron chi connectivity index (χ1n) is 3.36. The zero-order valence-corrected chi connectivity index (χ0v) is 6.68. The molecule has 2 nitrogen and oxygen atoms in total. The van der Waals surface area contributed by atoms with Gasteiger partial charge in [-0.25, -0.2) is 0 Å². The Balaban J connectivity index is 0.000000810. The lowest BCUT2D eigenvalue weighted by Crippen LogP contribution is -2.33. The summed E-state index contributed by atoms with van der Waals surface area (Å²) in [5.41, 5.74) is 5.68. The van der Waals surface area contributed by atoms with Crippen LogP contribution in [0.5, 0.6) is 0 Å². The minimum Gasteiger partial charge on any atom is -0.396 e.